The summed E-state index contributed by atoms with van der Waals surface area (Å²) >= 11 is 0. The van der Waals surface area contributed by atoms with Crippen LogP contribution in [0.15, 0.2) is 48.8 Å². The number of carbonyl (C=O) groups excluding carboxylic acids is 1. The molecule has 1 heterocycles. The smallest absolute Gasteiger partial charge is 0.307 e. The first-order chi connectivity index (χ1) is 8.70. The van der Waals surface area contributed by atoms with Crippen LogP contribution in [-0.4, -0.2) is 17.6 Å². The molecule has 0 bridgehead atoms. The second kappa shape index (κ2) is 5.54. The number of esters is 1. The van der Waals surface area contributed by atoms with E-state index in [4.69, 9.17) is 4.74 Å². The summed E-state index contributed by atoms with van der Waals surface area (Å²) in [6, 6.07) is 12.1. The van der Waals surface area contributed by atoms with Gasteiger partial charge >= 0.3 is 5.97 Å². The lowest BCUT2D eigenvalue weighted by molar-refractivity contribution is -0.141. The Bertz CT molecular complexity index is 500. The molecule has 0 spiro atoms. The minimum atomic E-state index is -0.200. The minimum absolute atomic E-state index is 0.00644. The molecule has 0 aliphatic rings. The van der Waals surface area contributed by atoms with Crippen LogP contribution in [0.4, 0.5) is 0 Å². The van der Waals surface area contributed by atoms with E-state index in [1.165, 1.54) is 12.7 Å². The van der Waals surface area contributed by atoms with Gasteiger partial charge in [0.2, 0.25) is 0 Å². The van der Waals surface area contributed by atoms with Crippen LogP contribution >= 0.6 is 0 Å². The third kappa shape index (κ3) is 2.80. The van der Waals surface area contributed by atoms with Gasteiger partial charge in [-0.3, -0.25) is 4.79 Å². The molecular formula is C15H17NO2. The van der Waals surface area contributed by atoms with Crippen molar-refractivity contribution in [1.82, 2.24) is 4.57 Å². The summed E-state index contributed by atoms with van der Waals surface area (Å²) in [4.78, 5) is 11.5. The zero-order chi connectivity index (χ0) is 13.0. The molecule has 2 aromatic rings. The molecule has 1 aromatic heterocycles. The highest BCUT2D eigenvalue weighted by Crippen LogP contribution is 2.23. The van der Waals surface area contributed by atoms with Crippen molar-refractivity contribution in [1.29, 1.82) is 0 Å². The quantitative estimate of drug-likeness (QED) is 0.773. The van der Waals surface area contributed by atoms with E-state index in [1.807, 2.05) is 29.1 Å². The van der Waals surface area contributed by atoms with Crippen LogP contribution in [0.3, 0.4) is 0 Å². The Hall–Kier alpha value is -2.03. The van der Waals surface area contributed by atoms with Gasteiger partial charge in [-0.1, -0.05) is 29.8 Å². The molecule has 0 amide bonds. The highest BCUT2D eigenvalue weighted by atomic mass is 16.5. The Labute approximate surface area is 107 Å². The van der Waals surface area contributed by atoms with E-state index in [-0.39, 0.29) is 12.0 Å². The van der Waals surface area contributed by atoms with Gasteiger partial charge in [-0.2, -0.15) is 0 Å². The average molecular weight is 243 g/mol. The maximum atomic E-state index is 11.5. The first kappa shape index (κ1) is 12.4. The van der Waals surface area contributed by atoms with Gasteiger partial charge in [-0.05, 0) is 24.6 Å². The van der Waals surface area contributed by atoms with E-state index < -0.39 is 0 Å². The summed E-state index contributed by atoms with van der Waals surface area (Å²) < 4.78 is 6.80. The first-order valence-corrected chi connectivity index (χ1v) is 5.96. The summed E-state index contributed by atoms with van der Waals surface area (Å²) in [6.45, 7) is 2.05. The van der Waals surface area contributed by atoms with Gasteiger partial charge in [0.1, 0.15) is 0 Å². The number of methoxy groups -OCH3 is 1. The average Bonchev–Trinajstić information content (AvgIpc) is 2.90. The van der Waals surface area contributed by atoms with Crippen molar-refractivity contribution in [3.8, 4) is 0 Å². The molecule has 0 saturated carbocycles. The van der Waals surface area contributed by atoms with Gasteiger partial charge < -0.3 is 9.30 Å². The van der Waals surface area contributed by atoms with Gasteiger partial charge in [0.25, 0.3) is 0 Å². The molecule has 0 saturated heterocycles. The number of benzene rings is 1. The fraction of sp³-hybridized carbons (Fsp3) is 0.267. The maximum Gasteiger partial charge on any atom is 0.307 e. The molecule has 18 heavy (non-hydrogen) atoms. The van der Waals surface area contributed by atoms with Gasteiger partial charge in [-0.15, -0.1) is 0 Å². The van der Waals surface area contributed by atoms with Crippen LogP contribution in [0.2, 0.25) is 0 Å². The Morgan fingerprint density at radius 2 is 1.83 bits per heavy atom. The fourth-order valence-corrected chi connectivity index (χ4v) is 1.98. The monoisotopic (exact) mass is 243 g/mol. The summed E-state index contributed by atoms with van der Waals surface area (Å²) in [7, 11) is 1.42. The zero-order valence-electron chi connectivity index (χ0n) is 10.7. The van der Waals surface area contributed by atoms with Gasteiger partial charge in [-0.25, -0.2) is 0 Å². The van der Waals surface area contributed by atoms with Crippen LogP contribution in [0, 0.1) is 6.92 Å². The van der Waals surface area contributed by atoms with Crippen molar-refractivity contribution >= 4 is 5.97 Å². The largest absolute Gasteiger partial charge is 0.469 e. The first-order valence-electron chi connectivity index (χ1n) is 5.96. The summed E-state index contributed by atoms with van der Waals surface area (Å²) in [6.07, 6.45) is 4.27. The highest BCUT2D eigenvalue weighted by Gasteiger charge is 2.17. The topological polar surface area (TPSA) is 31.2 Å². The van der Waals surface area contributed by atoms with E-state index in [9.17, 15) is 4.79 Å². The molecular weight excluding hydrogens is 226 g/mol. The highest BCUT2D eigenvalue weighted by molar-refractivity contribution is 5.70. The Kier molecular flexibility index (Phi) is 3.82. The number of hydrogen-bond donors (Lipinski definition) is 0. The summed E-state index contributed by atoms with van der Waals surface area (Å²) in [5.41, 5.74) is 2.32. The lowest BCUT2D eigenvalue weighted by atomic mass is 10.0. The molecule has 0 N–H and O–H groups in total. The van der Waals surface area contributed by atoms with Gasteiger partial charge in [0.05, 0.1) is 19.6 Å². The fourth-order valence-electron chi connectivity index (χ4n) is 1.98. The van der Waals surface area contributed by atoms with E-state index in [2.05, 4.69) is 31.2 Å². The summed E-state index contributed by atoms with van der Waals surface area (Å²) in [5.74, 6) is -0.200. The number of rotatable bonds is 4. The van der Waals surface area contributed by atoms with Crippen molar-refractivity contribution in [3.05, 3.63) is 59.9 Å². The van der Waals surface area contributed by atoms with Crippen LogP contribution < -0.4 is 0 Å². The van der Waals surface area contributed by atoms with Crippen molar-refractivity contribution in [2.75, 3.05) is 7.11 Å². The van der Waals surface area contributed by atoms with Crippen molar-refractivity contribution in [3.63, 3.8) is 0 Å². The van der Waals surface area contributed by atoms with Crippen LogP contribution in [0.25, 0.3) is 0 Å². The van der Waals surface area contributed by atoms with Crippen molar-refractivity contribution in [2.45, 2.75) is 19.4 Å². The third-order valence-electron chi connectivity index (χ3n) is 3.04. The van der Waals surface area contributed by atoms with E-state index in [1.54, 1.807) is 0 Å². The van der Waals surface area contributed by atoms with Crippen LogP contribution in [0.1, 0.15) is 23.6 Å². The maximum absolute atomic E-state index is 11.5. The minimum Gasteiger partial charge on any atom is -0.469 e. The molecule has 3 nitrogen and oxygen atoms in total. The normalized spacial score (nSPS) is 12.1. The lowest BCUT2D eigenvalue weighted by Crippen LogP contribution is -2.15. The number of aromatic nitrogens is 1. The van der Waals surface area contributed by atoms with Gasteiger partial charge in [0, 0.05) is 12.4 Å². The second-order valence-corrected chi connectivity index (χ2v) is 4.34. The molecule has 0 radical (unpaired) electrons. The Morgan fingerprint density at radius 3 is 2.39 bits per heavy atom. The molecule has 2 rings (SSSR count). The SMILES string of the molecule is COC(=O)CC(c1ccc(C)cc1)n1cccc1. The molecule has 0 aliphatic carbocycles. The van der Waals surface area contributed by atoms with Crippen LogP contribution in [0.5, 0.6) is 0 Å². The second-order valence-electron chi connectivity index (χ2n) is 4.34. The molecule has 0 fully saturated rings. The molecule has 1 atom stereocenters. The van der Waals surface area contributed by atoms with Crippen LogP contribution in [-0.2, 0) is 9.53 Å². The predicted octanol–water partition coefficient (Wildman–Crippen LogP) is 2.95. The third-order valence-corrected chi connectivity index (χ3v) is 3.04. The molecule has 1 unspecified atom stereocenters. The molecule has 0 aliphatic heterocycles. The lowest BCUT2D eigenvalue weighted by Gasteiger charge is -2.18. The van der Waals surface area contributed by atoms with E-state index in [0.717, 1.165) is 5.56 Å². The number of hydrogen-bond acceptors (Lipinski definition) is 2. The molecule has 94 valence electrons. The Morgan fingerprint density at radius 1 is 1.22 bits per heavy atom. The standard InChI is InChI=1S/C15H17NO2/c1-12-5-7-13(8-6-12)14(11-15(17)18-2)16-9-3-4-10-16/h3-10,14H,11H2,1-2H3. The molecule has 1 aromatic carbocycles. The number of aryl methyl sites for hydroxylation is 1. The van der Waals surface area contributed by atoms with Crippen molar-refractivity contribution < 1.29 is 9.53 Å². The number of ether oxygens (including phenoxy) is 1. The van der Waals surface area contributed by atoms with E-state index in [0.29, 0.717) is 6.42 Å². The van der Waals surface area contributed by atoms with Crippen molar-refractivity contribution in [2.24, 2.45) is 0 Å². The van der Waals surface area contributed by atoms with Gasteiger partial charge in [0.15, 0.2) is 0 Å². The summed E-state index contributed by atoms with van der Waals surface area (Å²) in [5, 5.41) is 0. The zero-order valence-corrected chi connectivity index (χ0v) is 10.7. The Balaban J connectivity index is 2.30. The number of nitrogens with zero attached hydrogens (tertiary/aromatic N) is 1. The van der Waals surface area contributed by atoms with E-state index >= 15 is 0 Å². The molecule has 3 heteroatoms. The number of carbonyl (C=O) groups is 1. The predicted molar refractivity (Wildman–Crippen MR) is 70.4 cm³/mol.